The molecule has 1 aliphatic carbocycles. The van der Waals surface area contributed by atoms with Crippen molar-refractivity contribution in [3.63, 3.8) is 0 Å². The van der Waals surface area contributed by atoms with Crippen molar-refractivity contribution in [1.29, 1.82) is 0 Å². The summed E-state index contributed by atoms with van der Waals surface area (Å²) in [5.74, 6) is 0.309. The molecule has 1 saturated carbocycles. The van der Waals surface area contributed by atoms with Crippen LogP contribution in [0.5, 0.6) is 0 Å². The van der Waals surface area contributed by atoms with E-state index in [2.05, 4.69) is 55.3 Å². The minimum atomic E-state index is -0.239. The summed E-state index contributed by atoms with van der Waals surface area (Å²) in [6.07, 6.45) is 4.20. The van der Waals surface area contributed by atoms with Gasteiger partial charge in [0.05, 0.1) is 0 Å². The summed E-state index contributed by atoms with van der Waals surface area (Å²) in [6, 6.07) is 8.84. The van der Waals surface area contributed by atoms with E-state index >= 15 is 0 Å². The van der Waals surface area contributed by atoms with Crippen LogP contribution in [0, 0.1) is 6.92 Å². The summed E-state index contributed by atoms with van der Waals surface area (Å²) in [5.41, 5.74) is 2.22. The zero-order valence-corrected chi connectivity index (χ0v) is 12.6. The quantitative estimate of drug-likeness (QED) is 0.913. The molecule has 1 heterocycles. The zero-order chi connectivity index (χ0) is 14.3. The second-order valence-corrected chi connectivity index (χ2v) is 6.39. The van der Waals surface area contributed by atoms with Gasteiger partial charge in [0.1, 0.15) is 11.7 Å². The monoisotopic (exact) mass is 272 g/mol. The van der Waals surface area contributed by atoms with Gasteiger partial charge in [-0.25, -0.2) is 0 Å². The van der Waals surface area contributed by atoms with E-state index in [0.717, 1.165) is 25.7 Å². The third kappa shape index (κ3) is 2.14. The third-order valence-corrected chi connectivity index (χ3v) is 4.66. The average molecular weight is 272 g/mol. The first-order valence-electron chi connectivity index (χ1n) is 7.74. The normalized spacial score (nSPS) is 25.2. The number of benzene rings is 1. The summed E-state index contributed by atoms with van der Waals surface area (Å²) in [7, 11) is 0. The molecule has 1 spiro atoms. The highest BCUT2D eigenvalue weighted by Crippen LogP contribution is 2.47. The number of rotatable bonds is 4. The van der Waals surface area contributed by atoms with Crippen LogP contribution in [0.15, 0.2) is 24.3 Å². The van der Waals surface area contributed by atoms with Crippen LogP contribution in [-0.2, 0) is 4.79 Å². The molecule has 2 atom stereocenters. The number of carbonyl (C=O) groups excluding carboxylic acids is 1. The van der Waals surface area contributed by atoms with E-state index in [1.807, 2.05) is 0 Å². The van der Waals surface area contributed by atoms with Gasteiger partial charge in [0, 0.05) is 6.04 Å². The van der Waals surface area contributed by atoms with E-state index in [-0.39, 0.29) is 11.7 Å². The fourth-order valence-electron chi connectivity index (χ4n) is 3.24. The van der Waals surface area contributed by atoms with E-state index < -0.39 is 0 Å². The van der Waals surface area contributed by atoms with Crippen molar-refractivity contribution in [2.75, 3.05) is 0 Å². The molecule has 1 aromatic carbocycles. The Labute approximate surface area is 121 Å². The van der Waals surface area contributed by atoms with E-state index in [4.69, 9.17) is 0 Å². The van der Waals surface area contributed by atoms with Crippen LogP contribution in [0.2, 0.25) is 0 Å². The van der Waals surface area contributed by atoms with Gasteiger partial charge in [0.25, 0.3) is 0 Å². The first-order valence-corrected chi connectivity index (χ1v) is 7.74. The molecule has 1 amide bonds. The highest BCUT2D eigenvalue weighted by molar-refractivity contribution is 5.92. The number of amides is 1. The van der Waals surface area contributed by atoms with Crippen molar-refractivity contribution in [1.82, 2.24) is 10.2 Å². The Morgan fingerprint density at radius 1 is 1.35 bits per heavy atom. The molecule has 2 fully saturated rings. The fraction of sp³-hybridized carbons (Fsp3) is 0.588. The van der Waals surface area contributed by atoms with Crippen LogP contribution in [0.1, 0.15) is 56.8 Å². The van der Waals surface area contributed by atoms with Crippen molar-refractivity contribution < 1.29 is 4.79 Å². The Morgan fingerprint density at radius 2 is 2.00 bits per heavy atom. The first kappa shape index (κ1) is 13.6. The summed E-state index contributed by atoms with van der Waals surface area (Å²) in [5, 5.41) is 3.59. The van der Waals surface area contributed by atoms with Crippen molar-refractivity contribution in [2.24, 2.45) is 0 Å². The highest BCUT2D eigenvalue weighted by Gasteiger charge is 2.60. The summed E-state index contributed by atoms with van der Waals surface area (Å²) >= 11 is 0. The summed E-state index contributed by atoms with van der Waals surface area (Å²) in [6.45, 7) is 6.45. The molecule has 2 aliphatic rings. The molecular formula is C17H24N2O. The lowest BCUT2D eigenvalue weighted by Crippen LogP contribution is -2.38. The van der Waals surface area contributed by atoms with Gasteiger partial charge >= 0.3 is 0 Å². The minimum absolute atomic E-state index is 0.0483. The van der Waals surface area contributed by atoms with Crippen LogP contribution in [0.3, 0.4) is 0 Å². The van der Waals surface area contributed by atoms with E-state index in [1.165, 1.54) is 11.1 Å². The number of aryl methyl sites for hydroxylation is 1. The van der Waals surface area contributed by atoms with Crippen molar-refractivity contribution in [2.45, 2.75) is 64.2 Å². The van der Waals surface area contributed by atoms with Crippen LogP contribution >= 0.6 is 0 Å². The number of nitrogens with zero attached hydrogens (tertiary/aromatic N) is 1. The van der Waals surface area contributed by atoms with Gasteiger partial charge in [0.15, 0.2) is 0 Å². The molecule has 0 aromatic heterocycles. The Kier molecular flexibility index (Phi) is 3.33. The van der Waals surface area contributed by atoms with Gasteiger partial charge in [-0.15, -0.1) is 0 Å². The number of carbonyl (C=O) groups is 1. The minimum Gasteiger partial charge on any atom is -0.319 e. The second kappa shape index (κ2) is 4.88. The number of nitrogens with one attached hydrogen (secondary N) is 1. The highest BCUT2D eigenvalue weighted by atomic mass is 16.2. The summed E-state index contributed by atoms with van der Waals surface area (Å²) in [4.78, 5) is 14.8. The van der Waals surface area contributed by atoms with Crippen LogP contribution in [-0.4, -0.2) is 22.4 Å². The molecule has 1 aliphatic heterocycles. The van der Waals surface area contributed by atoms with E-state index in [1.54, 1.807) is 0 Å². The Hall–Kier alpha value is -1.35. The van der Waals surface area contributed by atoms with E-state index in [9.17, 15) is 4.79 Å². The molecular weight excluding hydrogens is 248 g/mol. The molecule has 3 rings (SSSR count). The molecule has 108 valence electrons. The van der Waals surface area contributed by atoms with E-state index in [0.29, 0.717) is 11.9 Å². The molecule has 3 nitrogen and oxygen atoms in total. The molecule has 1 saturated heterocycles. The largest absolute Gasteiger partial charge is 0.319 e. The fourth-order valence-corrected chi connectivity index (χ4v) is 3.24. The maximum atomic E-state index is 12.7. The topological polar surface area (TPSA) is 32.3 Å². The number of hydrogen-bond donors (Lipinski definition) is 1. The first-order chi connectivity index (χ1) is 9.57. The van der Waals surface area contributed by atoms with Gasteiger partial charge in [-0.1, -0.05) is 43.2 Å². The average Bonchev–Trinajstić information content (AvgIpc) is 3.14. The van der Waals surface area contributed by atoms with Gasteiger partial charge in [-0.05, 0) is 38.7 Å². The van der Waals surface area contributed by atoms with Gasteiger partial charge in [0.2, 0.25) is 5.91 Å². The molecule has 1 aromatic rings. The van der Waals surface area contributed by atoms with Crippen LogP contribution in [0.4, 0.5) is 0 Å². The molecule has 1 N–H and O–H groups in total. The molecule has 0 radical (unpaired) electrons. The molecule has 0 bridgehead atoms. The maximum absolute atomic E-state index is 12.7. The maximum Gasteiger partial charge on any atom is 0.244 e. The predicted octanol–water partition coefficient (Wildman–Crippen LogP) is 3.15. The lowest BCUT2D eigenvalue weighted by Gasteiger charge is -2.30. The predicted molar refractivity (Wildman–Crippen MR) is 80.2 cm³/mol. The van der Waals surface area contributed by atoms with Crippen molar-refractivity contribution >= 4 is 5.91 Å². The van der Waals surface area contributed by atoms with Gasteiger partial charge in [-0.2, -0.15) is 0 Å². The Balaban J connectivity index is 1.90. The summed E-state index contributed by atoms with van der Waals surface area (Å²) < 4.78 is 0. The molecule has 20 heavy (non-hydrogen) atoms. The Bertz CT molecular complexity index is 504. The van der Waals surface area contributed by atoms with Gasteiger partial charge < -0.3 is 4.90 Å². The zero-order valence-electron chi connectivity index (χ0n) is 12.6. The lowest BCUT2D eigenvalue weighted by molar-refractivity contribution is -0.132. The van der Waals surface area contributed by atoms with Gasteiger partial charge in [-0.3, -0.25) is 10.1 Å². The second-order valence-electron chi connectivity index (χ2n) is 6.39. The molecule has 3 heteroatoms. The van der Waals surface area contributed by atoms with Crippen molar-refractivity contribution in [3.05, 3.63) is 35.4 Å². The Morgan fingerprint density at radius 3 is 2.55 bits per heavy atom. The SMILES string of the molecule is CCCC(C)N1C(=O)C2(CC2)NC1c1ccc(C)cc1. The lowest BCUT2D eigenvalue weighted by atomic mass is 10.1. The van der Waals surface area contributed by atoms with Crippen molar-refractivity contribution in [3.8, 4) is 0 Å². The number of hydrogen-bond acceptors (Lipinski definition) is 2. The van der Waals surface area contributed by atoms with Crippen LogP contribution < -0.4 is 5.32 Å². The third-order valence-electron chi connectivity index (χ3n) is 4.66. The van der Waals surface area contributed by atoms with Crippen LogP contribution in [0.25, 0.3) is 0 Å². The smallest absolute Gasteiger partial charge is 0.244 e. The molecule has 2 unspecified atom stereocenters. The standard InChI is InChI=1S/C17H24N2O/c1-4-5-13(3)19-15(14-8-6-12(2)7-9-14)18-17(10-11-17)16(19)20/h6-9,13,15,18H,4-5,10-11H2,1-3H3.